The van der Waals surface area contributed by atoms with E-state index < -0.39 is 0 Å². The second kappa shape index (κ2) is 7.22. The van der Waals surface area contributed by atoms with Gasteiger partial charge in [0.05, 0.1) is 12.8 Å². The summed E-state index contributed by atoms with van der Waals surface area (Å²) in [4.78, 5) is 5.41. The molecule has 0 unspecified atom stereocenters. The Morgan fingerprint density at radius 3 is 2.95 bits per heavy atom. The minimum absolute atomic E-state index is 0.579. The van der Waals surface area contributed by atoms with Crippen molar-refractivity contribution in [1.29, 1.82) is 0 Å². The van der Waals surface area contributed by atoms with Gasteiger partial charge in [-0.25, -0.2) is 4.68 Å². The van der Waals surface area contributed by atoms with Crippen LogP contribution in [0, 0.1) is 5.92 Å². The molecule has 2 heterocycles. The summed E-state index contributed by atoms with van der Waals surface area (Å²) in [5, 5.41) is 6.58. The van der Waals surface area contributed by atoms with Crippen LogP contribution in [-0.2, 0) is 0 Å². The Kier molecular flexibility index (Phi) is 5.33. The second-order valence-corrected chi connectivity index (χ2v) is 6.23. The van der Waals surface area contributed by atoms with E-state index >= 15 is 0 Å². The fraction of sp³-hybridized carbons (Fsp3) is 0.375. The van der Waals surface area contributed by atoms with Gasteiger partial charge in [0, 0.05) is 11.6 Å². The van der Waals surface area contributed by atoms with E-state index in [4.69, 9.17) is 4.42 Å². The molecule has 0 saturated heterocycles. The Balaban J connectivity index is 2.40. The average Bonchev–Trinajstić information content (AvgIpc) is 3.04. The van der Waals surface area contributed by atoms with Crippen molar-refractivity contribution in [2.75, 3.05) is 6.54 Å². The summed E-state index contributed by atoms with van der Waals surface area (Å²) < 4.78 is 7.32. The maximum absolute atomic E-state index is 5.48. The average molecular weight is 303 g/mol. The van der Waals surface area contributed by atoms with Crippen LogP contribution >= 0.6 is 11.3 Å². The third-order valence-electron chi connectivity index (χ3n) is 2.72. The molecule has 2 aromatic rings. The van der Waals surface area contributed by atoms with E-state index in [9.17, 15) is 0 Å². The van der Waals surface area contributed by atoms with Crippen molar-refractivity contribution >= 4 is 17.6 Å². The molecule has 0 N–H and O–H groups in total. The van der Waals surface area contributed by atoms with Crippen LogP contribution in [0.4, 0.5) is 0 Å². The lowest BCUT2D eigenvalue weighted by atomic mass is 10.2. The van der Waals surface area contributed by atoms with E-state index in [2.05, 4.69) is 30.5 Å². The lowest BCUT2D eigenvalue weighted by molar-refractivity contribution is 0.575. The fourth-order valence-corrected chi connectivity index (χ4v) is 2.47. The fourth-order valence-electron chi connectivity index (χ4n) is 1.66. The van der Waals surface area contributed by atoms with Crippen molar-refractivity contribution < 1.29 is 4.42 Å². The van der Waals surface area contributed by atoms with Crippen molar-refractivity contribution in [2.24, 2.45) is 16.0 Å². The van der Waals surface area contributed by atoms with Crippen LogP contribution in [0.1, 0.15) is 27.2 Å². The molecular weight excluding hydrogens is 282 g/mol. The predicted octanol–water partition coefficient (Wildman–Crippen LogP) is 4.17. The van der Waals surface area contributed by atoms with Crippen LogP contribution in [-0.4, -0.2) is 17.4 Å². The highest BCUT2D eigenvalue weighted by Crippen LogP contribution is 2.20. The summed E-state index contributed by atoms with van der Waals surface area (Å²) in [7, 11) is 0. The smallest absolute Gasteiger partial charge is 0.206 e. The Morgan fingerprint density at radius 1 is 1.52 bits per heavy atom. The first-order chi connectivity index (χ1) is 10.1. The van der Waals surface area contributed by atoms with Crippen LogP contribution in [0.2, 0.25) is 0 Å². The van der Waals surface area contributed by atoms with Crippen molar-refractivity contribution in [2.45, 2.75) is 27.2 Å². The minimum atomic E-state index is 0.579. The molecule has 0 bridgehead atoms. The molecule has 2 rings (SSSR count). The molecule has 0 amide bonds. The van der Waals surface area contributed by atoms with Gasteiger partial charge in [0.1, 0.15) is 5.69 Å². The van der Waals surface area contributed by atoms with Crippen LogP contribution in [0.25, 0.3) is 11.5 Å². The van der Waals surface area contributed by atoms with Gasteiger partial charge in [-0.05, 0) is 31.4 Å². The highest BCUT2D eigenvalue weighted by atomic mass is 32.1. The number of nitrogens with zero attached hydrogens (tertiary/aromatic N) is 3. The van der Waals surface area contributed by atoms with E-state index in [1.165, 1.54) is 0 Å². The monoisotopic (exact) mass is 303 g/mol. The Morgan fingerprint density at radius 2 is 2.33 bits per heavy atom. The third-order valence-corrected chi connectivity index (χ3v) is 3.57. The molecule has 0 spiro atoms. The van der Waals surface area contributed by atoms with E-state index in [0.717, 1.165) is 28.2 Å². The molecule has 0 aliphatic carbocycles. The van der Waals surface area contributed by atoms with Gasteiger partial charge in [-0.2, -0.15) is 5.10 Å². The normalized spacial score (nSPS) is 12.7. The van der Waals surface area contributed by atoms with E-state index in [1.807, 2.05) is 35.3 Å². The molecule has 2 aromatic heterocycles. The molecule has 0 atom stereocenters. The van der Waals surface area contributed by atoms with E-state index in [0.29, 0.717) is 12.5 Å². The highest BCUT2D eigenvalue weighted by Gasteiger charge is 2.09. The summed E-state index contributed by atoms with van der Waals surface area (Å²) in [5.41, 5.74) is 1.95. The van der Waals surface area contributed by atoms with Crippen molar-refractivity contribution in [1.82, 2.24) is 4.68 Å². The first-order valence-electron chi connectivity index (χ1n) is 7.00. The molecule has 21 heavy (non-hydrogen) atoms. The standard InChI is InChI=1S/C16H21N3OS/c1-12(2)7-8-18-19-14(15-6-5-9-20-15)11-21-16(19)17-10-13(3)4/h5-6,8-9,11-12H,3,7,10H2,1-2,4H3. The first kappa shape index (κ1) is 15.5. The maximum atomic E-state index is 5.48. The van der Waals surface area contributed by atoms with E-state index in [-0.39, 0.29) is 0 Å². The highest BCUT2D eigenvalue weighted by molar-refractivity contribution is 7.07. The molecule has 4 nitrogen and oxygen atoms in total. The van der Waals surface area contributed by atoms with Crippen LogP contribution in [0.15, 0.2) is 50.4 Å². The largest absolute Gasteiger partial charge is 0.463 e. The van der Waals surface area contributed by atoms with Crippen molar-refractivity contribution in [3.05, 3.63) is 40.7 Å². The summed E-state index contributed by atoms with van der Waals surface area (Å²) in [5.74, 6) is 1.38. The molecule has 0 fully saturated rings. The number of aromatic nitrogens is 1. The molecule has 0 aliphatic rings. The number of rotatable bonds is 6. The number of hydrogen-bond acceptors (Lipinski definition) is 4. The molecular formula is C16H21N3OS. The zero-order valence-corrected chi connectivity index (χ0v) is 13.6. The quantitative estimate of drug-likeness (QED) is 0.583. The van der Waals surface area contributed by atoms with Gasteiger partial charge in [0.15, 0.2) is 5.76 Å². The van der Waals surface area contributed by atoms with Crippen molar-refractivity contribution in [3.8, 4) is 11.5 Å². The van der Waals surface area contributed by atoms with Gasteiger partial charge < -0.3 is 4.42 Å². The molecule has 5 heteroatoms. The Bertz CT molecular complexity index is 675. The third kappa shape index (κ3) is 4.29. The van der Waals surface area contributed by atoms with Crippen molar-refractivity contribution in [3.63, 3.8) is 0 Å². The molecule has 0 saturated carbocycles. The van der Waals surface area contributed by atoms with Gasteiger partial charge in [-0.1, -0.05) is 26.0 Å². The summed E-state index contributed by atoms with van der Waals surface area (Å²) in [6, 6.07) is 3.80. The second-order valence-electron chi connectivity index (χ2n) is 5.39. The minimum Gasteiger partial charge on any atom is -0.463 e. The molecule has 112 valence electrons. The SMILES string of the molecule is C=C(C)CN=c1scc(-c2ccco2)n1N=CCC(C)C. The maximum Gasteiger partial charge on any atom is 0.206 e. The molecule has 0 aliphatic heterocycles. The molecule has 0 aromatic carbocycles. The summed E-state index contributed by atoms with van der Waals surface area (Å²) in [6.07, 6.45) is 4.53. The number of thiazole rings is 1. The number of hydrogen-bond donors (Lipinski definition) is 0. The zero-order chi connectivity index (χ0) is 15.2. The van der Waals surface area contributed by atoms with Gasteiger partial charge in [0.25, 0.3) is 0 Å². The number of furan rings is 1. The summed E-state index contributed by atoms with van der Waals surface area (Å²) >= 11 is 1.56. The topological polar surface area (TPSA) is 42.8 Å². The van der Waals surface area contributed by atoms with E-state index in [1.54, 1.807) is 17.6 Å². The predicted molar refractivity (Wildman–Crippen MR) is 88.6 cm³/mol. The van der Waals surface area contributed by atoms with Gasteiger partial charge >= 0.3 is 0 Å². The zero-order valence-electron chi connectivity index (χ0n) is 12.7. The molecule has 0 radical (unpaired) electrons. The van der Waals surface area contributed by atoms with Crippen LogP contribution in [0.3, 0.4) is 0 Å². The lowest BCUT2D eigenvalue weighted by Gasteiger charge is -2.01. The van der Waals surface area contributed by atoms with Gasteiger partial charge in [-0.15, -0.1) is 11.3 Å². The van der Waals surface area contributed by atoms with Gasteiger partial charge in [-0.3, -0.25) is 4.99 Å². The van der Waals surface area contributed by atoms with Crippen LogP contribution < -0.4 is 4.80 Å². The Hall–Kier alpha value is -1.88. The first-order valence-corrected chi connectivity index (χ1v) is 7.88. The van der Waals surface area contributed by atoms with Crippen LogP contribution in [0.5, 0.6) is 0 Å². The van der Waals surface area contributed by atoms with Gasteiger partial charge in [0.2, 0.25) is 4.80 Å². The lowest BCUT2D eigenvalue weighted by Crippen LogP contribution is -2.12. The summed E-state index contributed by atoms with van der Waals surface area (Å²) in [6.45, 7) is 10.8. The Labute approximate surface area is 129 Å².